The number of para-hydroxylation sites is 1. The van der Waals surface area contributed by atoms with Crippen molar-refractivity contribution in [3.8, 4) is 0 Å². The summed E-state index contributed by atoms with van der Waals surface area (Å²) in [6, 6.07) is 21.1. The van der Waals surface area contributed by atoms with Gasteiger partial charge in [-0.2, -0.15) is 0 Å². The number of furan rings is 1. The summed E-state index contributed by atoms with van der Waals surface area (Å²) >= 11 is 0. The Morgan fingerprint density at radius 1 is 0.967 bits per heavy atom. The zero-order chi connectivity index (χ0) is 20.7. The molecule has 0 bridgehead atoms. The Morgan fingerprint density at radius 3 is 2.57 bits per heavy atom. The number of fused-ring (bicyclic) bond motifs is 2. The zero-order valence-electron chi connectivity index (χ0n) is 16.7. The molecule has 2 heterocycles. The van der Waals surface area contributed by atoms with E-state index in [9.17, 15) is 4.79 Å². The van der Waals surface area contributed by atoms with Crippen LogP contribution >= 0.6 is 0 Å². The molecule has 5 aromatic rings. The quantitative estimate of drug-likeness (QED) is 0.402. The highest BCUT2D eigenvalue weighted by Crippen LogP contribution is 2.24. The van der Waals surface area contributed by atoms with E-state index in [1.807, 2.05) is 61.5 Å². The molecule has 0 atom stereocenters. The van der Waals surface area contributed by atoms with Crippen LogP contribution in [-0.4, -0.2) is 10.9 Å². The Hall–Kier alpha value is -3.86. The van der Waals surface area contributed by atoms with Gasteiger partial charge >= 0.3 is 0 Å². The van der Waals surface area contributed by atoms with E-state index >= 15 is 0 Å². The lowest BCUT2D eigenvalue weighted by molar-refractivity contribution is 0.0998. The van der Waals surface area contributed by atoms with Gasteiger partial charge in [0.2, 0.25) is 0 Å². The van der Waals surface area contributed by atoms with Crippen molar-refractivity contribution in [2.45, 2.75) is 20.3 Å². The Morgan fingerprint density at radius 2 is 1.77 bits per heavy atom. The van der Waals surface area contributed by atoms with Crippen LogP contribution in [0.15, 0.2) is 75.6 Å². The fraction of sp³-hybridized carbons (Fsp3) is 0.120. The van der Waals surface area contributed by atoms with Crippen LogP contribution in [0.2, 0.25) is 0 Å². The SMILES string of the molecule is Cc1cc(C)c2oc(Cc3ccc(NC(=O)c4cc5ccccc5o4)cc3)nc2c1. The minimum Gasteiger partial charge on any atom is -0.451 e. The lowest BCUT2D eigenvalue weighted by Gasteiger charge is -2.04. The maximum Gasteiger partial charge on any atom is 0.291 e. The number of aryl methyl sites for hydroxylation is 2. The van der Waals surface area contributed by atoms with Crippen LogP contribution < -0.4 is 5.32 Å². The van der Waals surface area contributed by atoms with E-state index in [4.69, 9.17) is 8.83 Å². The number of aromatic nitrogens is 1. The van der Waals surface area contributed by atoms with Gasteiger partial charge < -0.3 is 14.2 Å². The van der Waals surface area contributed by atoms with Crippen LogP contribution in [0, 0.1) is 13.8 Å². The van der Waals surface area contributed by atoms with Gasteiger partial charge in [0.25, 0.3) is 5.91 Å². The van der Waals surface area contributed by atoms with Crippen LogP contribution in [0.5, 0.6) is 0 Å². The first-order valence-electron chi connectivity index (χ1n) is 9.81. The van der Waals surface area contributed by atoms with Gasteiger partial charge in [-0.05, 0) is 60.9 Å². The molecule has 0 saturated heterocycles. The summed E-state index contributed by atoms with van der Waals surface area (Å²) in [6.45, 7) is 4.09. The van der Waals surface area contributed by atoms with Gasteiger partial charge in [-0.1, -0.05) is 36.4 Å². The number of carbonyl (C=O) groups excluding carboxylic acids is 1. The summed E-state index contributed by atoms with van der Waals surface area (Å²) in [7, 11) is 0. The van der Waals surface area contributed by atoms with E-state index < -0.39 is 0 Å². The summed E-state index contributed by atoms with van der Waals surface area (Å²) in [4.78, 5) is 17.1. The van der Waals surface area contributed by atoms with Gasteiger partial charge in [-0.25, -0.2) is 4.98 Å². The van der Waals surface area contributed by atoms with Gasteiger partial charge in [0, 0.05) is 17.5 Å². The number of oxazole rings is 1. The summed E-state index contributed by atoms with van der Waals surface area (Å²) in [5.74, 6) is 0.693. The average Bonchev–Trinajstić information content (AvgIpc) is 3.33. The first-order chi connectivity index (χ1) is 14.5. The smallest absolute Gasteiger partial charge is 0.291 e. The third-order valence-electron chi connectivity index (χ3n) is 5.08. The molecule has 0 aliphatic rings. The fourth-order valence-electron chi connectivity index (χ4n) is 3.67. The maximum atomic E-state index is 12.5. The first-order valence-corrected chi connectivity index (χ1v) is 9.81. The number of nitrogens with zero attached hydrogens (tertiary/aromatic N) is 1. The molecule has 0 unspecified atom stereocenters. The third kappa shape index (κ3) is 3.46. The fourth-order valence-corrected chi connectivity index (χ4v) is 3.67. The molecule has 0 aliphatic carbocycles. The Labute approximate surface area is 173 Å². The molecule has 5 rings (SSSR count). The van der Waals surface area contributed by atoms with Crippen molar-refractivity contribution in [2.24, 2.45) is 0 Å². The largest absolute Gasteiger partial charge is 0.451 e. The Balaban J connectivity index is 1.30. The number of carbonyl (C=O) groups is 1. The van der Waals surface area contributed by atoms with E-state index in [1.165, 1.54) is 5.56 Å². The van der Waals surface area contributed by atoms with Crippen molar-refractivity contribution in [2.75, 3.05) is 5.32 Å². The van der Waals surface area contributed by atoms with Gasteiger partial charge in [-0.3, -0.25) is 4.79 Å². The average molecular weight is 396 g/mol. The van der Waals surface area contributed by atoms with E-state index in [2.05, 4.69) is 23.3 Å². The third-order valence-corrected chi connectivity index (χ3v) is 5.08. The van der Waals surface area contributed by atoms with Crippen molar-refractivity contribution >= 4 is 33.7 Å². The van der Waals surface area contributed by atoms with Crippen molar-refractivity contribution in [3.05, 3.63) is 95.1 Å². The molecular weight excluding hydrogens is 376 g/mol. The Bertz CT molecular complexity index is 1340. The van der Waals surface area contributed by atoms with E-state index in [0.29, 0.717) is 23.6 Å². The second-order valence-corrected chi connectivity index (χ2v) is 7.51. The molecule has 2 aromatic heterocycles. The maximum absolute atomic E-state index is 12.5. The highest BCUT2D eigenvalue weighted by atomic mass is 16.4. The van der Waals surface area contributed by atoms with Crippen molar-refractivity contribution in [1.29, 1.82) is 0 Å². The number of benzene rings is 3. The molecule has 5 heteroatoms. The van der Waals surface area contributed by atoms with Crippen LogP contribution in [0.3, 0.4) is 0 Å². The van der Waals surface area contributed by atoms with Crippen molar-refractivity contribution in [1.82, 2.24) is 4.98 Å². The zero-order valence-corrected chi connectivity index (χ0v) is 16.7. The standard InChI is InChI=1S/C25H20N2O3/c1-15-11-16(2)24-20(12-15)27-23(30-24)13-17-7-9-19(10-8-17)26-25(28)22-14-18-5-3-4-6-21(18)29-22/h3-12,14H,13H2,1-2H3,(H,26,28). The lowest BCUT2D eigenvalue weighted by Crippen LogP contribution is -2.10. The lowest BCUT2D eigenvalue weighted by atomic mass is 10.1. The van der Waals surface area contributed by atoms with Crippen LogP contribution in [0.25, 0.3) is 22.1 Å². The highest BCUT2D eigenvalue weighted by Gasteiger charge is 2.13. The molecule has 0 saturated carbocycles. The number of rotatable bonds is 4. The molecular formula is C25H20N2O3. The number of hydrogen-bond donors (Lipinski definition) is 1. The van der Waals surface area contributed by atoms with Gasteiger partial charge in [-0.15, -0.1) is 0 Å². The van der Waals surface area contributed by atoms with E-state index in [-0.39, 0.29) is 11.7 Å². The molecule has 148 valence electrons. The molecule has 0 aliphatic heterocycles. The predicted octanol–water partition coefficient (Wildman–Crippen LogP) is 6.03. The Kier molecular flexibility index (Phi) is 4.36. The second kappa shape index (κ2) is 7.19. The van der Waals surface area contributed by atoms with E-state index in [1.54, 1.807) is 6.07 Å². The summed E-state index contributed by atoms with van der Waals surface area (Å²) in [6.07, 6.45) is 0.588. The number of hydrogen-bond acceptors (Lipinski definition) is 4. The van der Waals surface area contributed by atoms with Crippen molar-refractivity contribution in [3.63, 3.8) is 0 Å². The molecule has 30 heavy (non-hydrogen) atoms. The molecule has 0 spiro atoms. The molecule has 3 aromatic carbocycles. The predicted molar refractivity (Wildman–Crippen MR) is 117 cm³/mol. The summed E-state index contributed by atoms with van der Waals surface area (Å²) in [5, 5.41) is 3.78. The second-order valence-electron chi connectivity index (χ2n) is 7.51. The summed E-state index contributed by atoms with van der Waals surface area (Å²) in [5.41, 5.74) is 6.44. The molecule has 0 fully saturated rings. The summed E-state index contributed by atoms with van der Waals surface area (Å²) < 4.78 is 11.6. The molecule has 1 N–H and O–H groups in total. The van der Waals surface area contributed by atoms with Crippen molar-refractivity contribution < 1.29 is 13.6 Å². The molecule has 1 amide bonds. The number of anilines is 1. The van der Waals surface area contributed by atoms with Gasteiger partial charge in [0.1, 0.15) is 11.1 Å². The van der Waals surface area contributed by atoms with Crippen LogP contribution in [0.1, 0.15) is 33.1 Å². The number of amides is 1. The monoisotopic (exact) mass is 396 g/mol. The number of nitrogens with one attached hydrogen (secondary N) is 1. The molecule has 0 radical (unpaired) electrons. The molecule has 5 nitrogen and oxygen atoms in total. The van der Waals surface area contributed by atoms with Gasteiger partial charge in [0.15, 0.2) is 17.2 Å². The highest BCUT2D eigenvalue weighted by molar-refractivity contribution is 6.04. The van der Waals surface area contributed by atoms with Gasteiger partial charge in [0.05, 0.1) is 0 Å². The minimum atomic E-state index is -0.274. The van der Waals surface area contributed by atoms with E-state index in [0.717, 1.165) is 27.6 Å². The van der Waals surface area contributed by atoms with Crippen LogP contribution in [-0.2, 0) is 6.42 Å². The van der Waals surface area contributed by atoms with Crippen LogP contribution in [0.4, 0.5) is 5.69 Å². The topological polar surface area (TPSA) is 68.3 Å². The first kappa shape index (κ1) is 18.2. The normalized spacial score (nSPS) is 11.3. The minimum absolute atomic E-state index is 0.274.